The van der Waals surface area contributed by atoms with E-state index in [1.807, 2.05) is 23.2 Å². The smallest absolute Gasteiger partial charge is 0.255 e. The zero-order valence-corrected chi connectivity index (χ0v) is 16.3. The van der Waals surface area contributed by atoms with Gasteiger partial charge in [0.25, 0.3) is 5.91 Å². The lowest BCUT2D eigenvalue weighted by molar-refractivity contribution is -0.130. The zero-order valence-electron chi connectivity index (χ0n) is 13.9. The number of hydrogen-bond acceptors (Lipinski definition) is 5. The van der Waals surface area contributed by atoms with Gasteiger partial charge in [0, 0.05) is 21.5 Å². The van der Waals surface area contributed by atoms with Crippen molar-refractivity contribution in [1.82, 2.24) is 10.3 Å². The highest BCUT2D eigenvalue weighted by Crippen LogP contribution is 2.47. The lowest BCUT2D eigenvalue weighted by Crippen LogP contribution is -2.62. The molecule has 1 fully saturated rings. The van der Waals surface area contributed by atoms with Crippen LogP contribution in [0, 0.1) is 0 Å². The maximum Gasteiger partial charge on any atom is 0.255 e. The van der Waals surface area contributed by atoms with E-state index in [-0.39, 0.29) is 17.6 Å². The Morgan fingerprint density at radius 3 is 2.96 bits per heavy atom. The topological polar surface area (TPSA) is 56.7 Å². The Hall–Kier alpha value is -1.47. The second-order valence-corrected chi connectivity index (χ2v) is 8.61. The van der Waals surface area contributed by atoms with Gasteiger partial charge in [0.05, 0.1) is 0 Å². The van der Waals surface area contributed by atoms with Crippen LogP contribution in [0.2, 0.25) is 0 Å². The lowest BCUT2D eigenvalue weighted by Gasteiger charge is -2.53. The molecule has 1 amide bonds. The molecule has 4 rings (SSSR count). The van der Waals surface area contributed by atoms with Crippen LogP contribution < -0.4 is 10.6 Å². The number of carbonyl (C=O) groups excluding carboxylic acids is 1. The van der Waals surface area contributed by atoms with Crippen molar-refractivity contribution >= 4 is 44.5 Å². The third-order valence-corrected chi connectivity index (χ3v) is 6.41. The van der Waals surface area contributed by atoms with Gasteiger partial charge in [-0.2, -0.15) is 0 Å². The molecule has 0 bridgehead atoms. The van der Waals surface area contributed by atoms with Crippen molar-refractivity contribution in [2.45, 2.75) is 43.8 Å². The van der Waals surface area contributed by atoms with Gasteiger partial charge in [-0.1, -0.05) is 40.2 Å². The second-order valence-electron chi connectivity index (χ2n) is 6.69. The molecule has 132 valence electrons. The Labute approximate surface area is 160 Å². The van der Waals surface area contributed by atoms with Gasteiger partial charge >= 0.3 is 0 Å². The highest BCUT2D eigenvalue weighted by Gasteiger charge is 2.50. The number of amidine groups is 1. The maximum atomic E-state index is 13.0. The highest BCUT2D eigenvalue weighted by atomic mass is 79.9. The fourth-order valence-electron chi connectivity index (χ4n) is 3.96. The average molecular weight is 421 g/mol. The molecule has 7 heteroatoms. The minimum Gasteiger partial charge on any atom is -0.361 e. The quantitative estimate of drug-likeness (QED) is 0.703. The van der Waals surface area contributed by atoms with Crippen molar-refractivity contribution in [3.8, 4) is 0 Å². The Morgan fingerprint density at radius 1 is 1.40 bits per heavy atom. The van der Waals surface area contributed by atoms with Gasteiger partial charge < -0.3 is 10.6 Å². The van der Waals surface area contributed by atoms with E-state index in [0.717, 1.165) is 47.2 Å². The molecule has 2 N–H and O–H groups in total. The molecule has 0 saturated heterocycles. The number of hydrogen-bond donors (Lipinski definition) is 2. The van der Waals surface area contributed by atoms with Crippen LogP contribution in [0.5, 0.6) is 0 Å². The number of amides is 1. The first kappa shape index (κ1) is 17.0. The standard InChI is InChI=1S/C18H21BrN4OS/c1-2-10-25-17-20-16(24)15-13-11-12(19)6-7-14(13)21-18(23(15)22-17)8-4-3-5-9-18/h2,6-7,11,15,21H,1,3-5,8-10H2,(H,20,22,24). The van der Waals surface area contributed by atoms with Crippen LogP contribution in [0.4, 0.5) is 5.69 Å². The first-order valence-electron chi connectivity index (χ1n) is 8.63. The van der Waals surface area contributed by atoms with Gasteiger partial charge in [-0.3, -0.25) is 9.80 Å². The summed E-state index contributed by atoms with van der Waals surface area (Å²) >= 11 is 5.04. The molecule has 1 spiro atoms. The molecule has 0 radical (unpaired) electrons. The molecule has 1 unspecified atom stereocenters. The fourth-order valence-corrected chi connectivity index (χ4v) is 4.93. The molecule has 25 heavy (non-hydrogen) atoms. The number of hydrazone groups is 1. The molecule has 1 aliphatic carbocycles. The minimum absolute atomic E-state index is 0.00707. The van der Waals surface area contributed by atoms with Gasteiger partial charge in [-0.25, -0.2) is 0 Å². The zero-order chi connectivity index (χ0) is 17.4. The Kier molecular flexibility index (Phi) is 4.54. The summed E-state index contributed by atoms with van der Waals surface area (Å²) in [4.78, 5) is 13.0. The van der Waals surface area contributed by atoms with E-state index in [1.54, 1.807) is 0 Å². The van der Waals surface area contributed by atoms with E-state index < -0.39 is 0 Å². The SMILES string of the molecule is C=CCSC1=NN2C(C(=O)N1)c1cc(Br)ccc1NC21CCCCC1. The van der Waals surface area contributed by atoms with Gasteiger partial charge in [0.1, 0.15) is 5.66 Å². The summed E-state index contributed by atoms with van der Waals surface area (Å²) in [5, 5.41) is 14.2. The van der Waals surface area contributed by atoms with Gasteiger partial charge in [-0.05, 0) is 43.9 Å². The normalized spacial score (nSPS) is 23.9. The predicted octanol–water partition coefficient (Wildman–Crippen LogP) is 4.20. The van der Waals surface area contributed by atoms with E-state index in [2.05, 4.69) is 39.2 Å². The molecule has 1 atom stereocenters. The van der Waals surface area contributed by atoms with Crippen molar-refractivity contribution < 1.29 is 4.79 Å². The summed E-state index contributed by atoms with van der Waals surface area (Å²) in [6.07, 6.45) is 7.35. The Balaban J connectivity index is 1.81. The number of thioether (sulfide) groups is 1. The van der Waals surface area contributed by atoms with Crippen LogP contribution in [-0.2, 0) is 4.79 Å². The van der Waals surface area contributed by atoms with Crippen molar-refractivity contribution in [3.05, 3.63) is 40.9 Å². The van der Waals surface area contributed by atoms with E-state index in [1.165, 1.54) is 18.2 Å². The number of benzene rings is 1. The molecule has 3 aliphatic rings. The van der Waals surface area contributed by atoms with Gasteiger partial charge in [-0.15, -0.1) is 11.7 Å². The number of rotatable bonds is 2. The molecule has 5 nitrogen and oxygen atoms in total. The Morgan fingerprint density at radius 2 is 2.20 bits per heavy atom. The summed E-state index contributed by atoms with van der Waals surface area (Å²) in [6.45, 7) is 3.75. The molecule has 2 heterocycles. The second kappa shape index (κ2) is 6.68. The Bertz CT molecular complexity index is 745. The number of fused-ring (bicyclic) bond motifs is 4. The molecule has 1 aromatic rings. The van der Waals surface area contributed by atoms with Gasteiger partial charge in [0.2, 0.25) is 0 Å². The third kappa shape index (κ3) is 2.97. The van der Waals surface area contributed by atoms with Gasteiger partial charge in [0.15, 0.2) is 11.2 Å². The van der Waals surface area contributed by atoms with E-state index in [0.29, 0.717) is 5.17 Å². The van der Waals surface area contributed by atoms with Crippen LogP contribution >= 0.6 is 27.7 Å². The number of nitrogens with zero attached hydrogens (tertiary/aromatic N) is 2. The number of anilines is 1. The largest absolute Gasteiger partial charge is 0.361 e. The van der Waals surface area contributed by atoms with Crippen LogP contribution in [0.25, 0.3) is 0 Å². The minimum atomic E-state index is -0.389. The first-order chi connectivity index (χ1) is 12.1. The summed E-state index contributed by atoms with van der Waals surface area (Å²) < 4.78 is 0.969. The number of carbonyl (C=O) groups is 1. The van der Waals surface area contributed by atoms with Crippen molar-refractivity contribution in [1.29, 1.82) is 0 Å². The highest BCUT2D eigenvalue weighted by molar-refractivity contribution is 9.10. The van der Waals surface area contributed by atoms with E-state index in [9.17, 15) is 4.79 Å². The first-order valence-corrected chi connectivity index (χ1v) is 10.4. The maximum absolute atomic E-state index is 13.0. The molecule has 1 saturated carbocycles. The van der Waals surface area contributed by atoms with E-state index >= 15 is 0 Å². The summed E-state index contributed by atoms with van der Waals surface area (Å²) in [6, 6.07) is 5.71. The summed E-state index contributed by atoms with van der Waals surface area (Å²) in [7, 11) is 0. The predicted molar refractivity (Wildman–Crippen MR) is 106 cm³/mol. The van der Waals surface area contributed by atoms with Crippen molar-refractivity contribution in [3.63, 3.8) is 0 Å². The molecular weight excluding hydrogens is 400 g/mol. The monoisotopic (exact) mass is 420 g/mol. The fraction of sp³-hybridized carbons (Fsp3) is 0.444. The van der Waals surface area contributed by atoms with Crippen molar-refractivity contribution in [2.24, 2.45) is 5.10 Å². The van der Waals surface area contributed by atoms with E-state index in [4.69, 9.17) is 5.10 Å². The molecule has 1 aromatic carbocycles. The number of halogens is 1. The van der Waals surface area contributed by atoms with Crippen LogP contribution in [-0.4, -0.2) is 27.5 Å². The molecule has 0 aromatic heterocycles. The third-order valence-electron chi connectivity index (χ3n) is 5.05. The molecular formula is C18H21BrN4OS. The van der Waals surface area contributed by atoms with Crippen molar-refractivity contribution in [2.75, 3.05) is 11.1 Å². The summed E-state index contributed by atoms with van der Waals surface area (Å²) in [5.74, 6) is 0.715. The van der Waals surface area contributed by atoms with Crippen LogP contribution in [0.1, 0.15) is 43.7 Å². The van der Waals surface area contributed by atoms with Crippen LogP contribution in [0.15, 0.2) is 40.4 Å². The average Bonchev–Trinajstić information content (AvgIpc) is 2.61. The number of nitrogens with one attached hydrogen (secondary N) is 2. The lowest BCUT2D eigenvalue weighted by atomic mass is 9.83. The van der Waals surface area contributed by atoms with Crippen LogP contribution in [0.3, 0.4) is 0 Å². The molecule has 2 aliphatic heterocycles. The summed E-state index contributed by atoms with van der Waals surface area (Å²) in [5.41, 5.74) is 1.74.